The van der Waals surface area contributed by atoms with E-state index in [2.05, 4.69) is 6.07 Å². The molecule has 1 heterocycles. The molecule has 0 atom stereocenters. The van der Waals surface area contributed by atoms with Gasteiger partial charge in [-0.15, -0.1) is 0 Å². The molecule has 0 saturated heterocycles. The first kappa shape index (κ1) is 13.5. The smallest absolute Gasteiger partial charge is 0.265 e. The minimum Gasteiger partial charge on any atom is -0.496 e. The Kier molecular flexibility index (Phi) is 3.52. The molecule has 108 valence electrons. The number of methoxy groups -OCH3 is 2. The number of para-hydroxylation sites is 1. The van der Waals surface area contributed by atoms with Crippen LogP contribution >= 0.6 is 0 Å². The van der Waals surface area contributed by atoms with Crippen LogP contribution in [0.5, 0.6) is 11.5 Å². The highest BCUT2D eigenvalue weighted by Crippen LogP contribution is 2.34. The maximum absolute atomic E-state index is 12.9. The first-order valence-electron chi connectivity index (χ1n) is 6.87. The van der Waals surface area contributed by atoms with Gasteiger partial charge in [0.05, 0.1) is 14.2 Å². The number of rotatable bonds is 3. The Morgan fingerprint density at radius 3 is 2.33 bits per heavy atom. The third kappa shape index (κ3) is 2.23. The summed E-state index contributed by atoms with van der Waals surface area (Å²) in [6.07, 6.45) is 0.874. The zero-order valence-corrected chi connectivity index (χ0v) is 12.1. The highest BCUT2D eigenvalue weighted by molar-refractivity contribution is 6.10. The molecular formula is C17H17NO3. The number of nitrogens with zero attached hydrogens (tertiary/aromatic N) is 1. The fraction of sp³-hybridized carbons (Fsp3) is 0.235. The summed E-state index contributed by atoms with van der Waals surface area (Å²) in [6.45, 7) is 0.680. The second-order valence-corrected chi connectivity index (χ2v) is 4.87. The average molecular weight is 283 g/mol. The SMILES string of the molecule is COc1cccc(OC)c1C(=O)N1CCc2ccccc21. The van der Waals surface area contributed by atoms with E-state index in [0.717, 1.165) is 12.1 Å². The minimum atomic E-state index is -0.0887. The molecule has 0 saturated carbocycles. The molecule has 0 spiro atoms. The zero-order chi connectivity index (χ0) is 14.8. The maximum atomic E-state index is 12.9. The molecule has 1 aliphatic heterocycles. The molecule has 4 heteroatoms. The molecular weight excluding hydrogens is 266 g/mol. The summed E-state index contributed by atoms with van der Waals surface area (Å²) in [6, 6.07) is 13.3. The first-order chi connectivity index (χ1) is 10.3. The molecule has 0 bridgehead atoms. The summed E-state index contributed by atoms with van der Waals surface area (Å²) in [7, 11) is 3.12. The van der Waals surface area contributed by atoms with E-state index in [1.54, 1.807) is 31.3 Å². The lowest BCUT2D eigenvalue weighted by molar-refractivity contribution is 0.0983. The van der Waals surface area contributed by atoms with Crippen LogP contribution in [0.4, 0.5) is 5.69 Å². The highest BCUT2D eigenvalue weighted by Gasteiger charge is 2.29. The van der Waals surface area contributed by atoms with Crippen molar-refractivity contribution in [3.8, 4) is 11.5 Å². The fourth-order valence-electron chi connectivity index (χ4n) is 2.75. The van der Waals surface area contributed by atoms with E-state index in [-0.39, 0.29) is 5.91 Å². The number of hydrogen-bond acceptors (Lipinski definition) is 3. The van der Waals surface area contributed by atoms with Gasteiger partial charge in [-0.1, -0.05) is 24.3 Å². The van der Waals surface area contributed by atoms with Crippen molar-refractivity contribution in [3.63, 3.8) is 0 Å². The number of carbonyl (C=O) groups is 1. The predicted molar refractivity (Wildman–Crippen MR) is 81.4 cm³/mol. The summed E-state index contributed by atoms with van der Waals surface area (Å²) in [4.78, 5) is 14.7. The van der Waals surface area contributed by atoms with E-state index in [9.17, 15) is 4.79 Å². The van der Waals surface area contributed by atoms with Gasteiger partial charge < -0.3 is 14.4 Å². The van der Waals surface area contributed by atoms with Crippen molar-refractivity contribution >= 4 is 11.6 Å². The van der Waals surface area contributed by atoms with Gasteiger partial charge in [-0.3, -0.25) is 4.79 Å². The van der Waals surface area contributed by atoms with Crippen LogP contribution in [0, 0.1) is 0 Å². The monoisotopic (exact) mass is 283 g/mol. The van der Waals surface area contributed by atoms with Crippen molar-refractivity contribution in [1.29, 1.82) is 0 Å². The Morgan fingerprint density at radius 2 is 1.67 bits per heavy atom. The van der Waals surface area contributed by atoms with Gasteiger partial charge in [0.1, 0.15) is 17.1 Å². The molecule has 2 aromatic rings. The topological polar surface area (TPSA) is 38.8 Å². The molecule has 0 radical (unpaired) electrons. The van der Waals surface area contributed by atoms with Crippen LogP contribution in [-0.4, -0.2) is 26.7 Å². The molecule has 2 aromatic carbocycles. The fourth-order valence-corrected chi connectivity index (χ4v) is 2.75. The van der Waals surface area contributed by atoms with E-state index >= 15 is 0 Å². The third-order valence-electron chi connectivity index (χ3n) is 3.77. The van der Waals surface area contributed by atoms with Crippen LogP contribution in [0.1, 0.15) is 15.9 Å². The van der Waals surface area contributed by atoms with Crippen LogP contribution < -0.4 is 14.4 Å². The van der Waals surface area contributed by atoms with Crippen molar-refractivity contribution in [2.24, 2.45) is 0 Å². The predicted octanol–water partition coefficient (Wildman–Crippen LogP) is 2.91. The van der Waals surface area contributed by atoms with Crippen molar-refractivity contribution in [2.45, 2.75) is 6.42 Å². The standard InChI is InChI=1S/C17H17NO3/c1-20-14-8-5-9-15(21-2)16(14)17(19)18-11-10-12-6-3-4-7-13(12)18/h3-9H,10-11H2,1-2H3. The van der Waals surface area contributed by atoms with E-state index in [1.807, 2.05) is 24.3 Å². The second-order valence-electron chi connectivity index (χ2n) is 4.87. The summed E-state index contributed by atoms with van der Waals surface area (Å²) in [5.41, 5.74) is 2.63. The van der Waals surface area contributed by atoms with Crippen molar-refractivity contribution in [2.75, 3.05) is 25.7 Å². The zero-order valence-electron chi connectivity index (χ0n) is 12.1. The number of hydrogen-bond donors (Lipinski definition) is 0. The molecule has 21 heavy (non-hydrogen) atoms. The largest absolute Gasteiger partial charge is 0.496 e. The Balaban J connectivity index is 2.04. The Labute approximate surface area is 123 Å². The van der Waals surface area contributed by atoms with Crippen LogP contribution in [0.15, 0.2) is 42.5 Å². The van der Waals surface area contributed by atoms with Gasteiger partial charge in [0.15, 0.2) is 0 Å². The lowest BCUT2D eigenvalue weighted by Crippen LogP contribution is -2.29. The minimum absolute atomic E-state index is 0.0887. The quantitative estimate of drug-likeness (QED) is 0.869. The van der Waals surface area contributed by atoms with Gasteiger partial charge in [-0.25, -0.2) is 0 Å². The van der Waals surface area contributed by atoms with Crippen molar-refractivity contribution < 1.29 is 14.3 Å². The van der Waals surface area contributed by atoms with Crippen LogP contribution in [-0.2, 0) is 6.42 Å². The summed E-state index contributed by atoms with van der Waals surface area (Å²) in [5.74, 6) is 0.974. The molecule has 1 amide bonds. The molecule has 0 unspecified atom stereocenters. The van der Waals surface area contributed by atoms with Crippen molar-refractivity contribution in [3.05, 3.63) is 53.6 Å². The lowest BCUT2D eigenvalue weighted by atomic mass is 10.1. The molecule has 0 aliphatic carbocycles. The number of carbonyl (C=O) groups excluding carboxylic acids is 1. The molecule has 4 nitrogen and oxygen atoms in total. The molecule has 0 fully saturated rings. The number of fused-ring (bicyclic) bond motifs is 1. The van der Waals surface area contributed by atoms with Gasteiger partial charge >= 0.3 is 0 Å². The Bertz CT molecular complexity index is 659. The number of benzene rings is 2. The van der Waals surface area contributed by atoms with E-state index in [1.165, 1.54) is 5.56 Å². The summed E-state index contributed by atoms with van der Waals surface area (Å²) < 4.78 is 10.7. The number of ether oxygens (including phenoxy) is 2. The lowest BCUT2D eigenvalue weighted by Gasteiger charge is -2.20. The van der Waals surface area contributed by atoms with Gasteiger partial charge in [0.25, 0.3) is 5.91 Å². The molecule has 0 N–H and O–H groups in total. The maximum Gasteiger partial charge on any atom is 0.265 e. The first-order valence-corrected chi connectivity index (χ1v) is 6.87. The van der Waals surface area contributed by atoms with Crippen LogP contribution in [0.3, 0.4) is 0 Å². The van der Waals surface area contributed by atoms with Crippen molar-refractivity contribution in [1.82, 2.24) is 0 Å². The molecule has 1 aliphatic rings. The molecule has 0 aromatic heterocycles. The van der Waals surface area contributed by atoms with Gasteiger partial charge in [-0.05, 0) is 30.2 Å². The number of anilines is 1. The van der Waals surface area contributed by atoms with Gasteiger partial charge in [0.2, 0.25) is 0 Å². The average Bonchev–Trinajstić information content (AvgIpc) is 2.97. The van der Waals surface area contributed by atoms with Crippen LogP contribution in [0.2, 0.25) is 0 Å². The normalized spacial score (nSPS) is 13.0. The van der Waals surface area contributed by atoms with Gasteiger partial charge in [0, 0.05) is 12.2 Å². The highest BCUT2D eigenvalue weighted by atomic mass is 16.5. The van der Waals surface area contributed by atoms with Crippen LogP contribution in [0.25, 0.3) is 0 Å². The van der Waals surface area contributed by atoms with E-state index in [0.29, 0.717) is 23.6 Å². The third-order valence-corrected chi connectivity index (χ3v) is 3.77. The molecule has 3 rings (SSSR count). The Hall–Kier alpha value is -2.49. The van der Waals surface area contributed by atoms with Gasteiger partial charge in [-0.2, -0.15) is 0 Å². The second kappa shape index (κ2) is 5.48. The number of amides is 1. The Morgan fingerprint density at radius 1 is 1.00 bits per heavy atom. The van der Waals surface area contributed by atoms with E-state index in [4.69, 9.17) is 9.47 Å². The summed E-state index contributed by atoms with van der Waals surface area (Å²) >= 11 is 0. The van der Waals surface area contributed by atoms with E-state index < -0.39 is 0 Å². The summed E-state index contributed by atoms with van der Waals surface area (Å²) in [5, 5.41) is 0.